The van der Waals surface area contributed by atoms with Crippen LogP contribution < -0.4 is 4.74 Å². The molecule has 1 heterocycles. The van der Waals surface area contributed by atoms with Crippen LogP contribution in [0.3, 0.4) is 0 Å². The van der Waals surface area contributed by atoms with Gasteiger partial charge < -0.3 is 4.74 Å². The van der Waals surface area contributed by atoms with Crippen molar-refractivity contribution in [1.29, 1.82) is 0 Å². The molecule has 1 saturated carbocycles. The highest BCUT2D eigenvalue weighted by Gasteiger charge is 2.54. The first kappa shape index (κ1) is 31.8. The van der Waals surface area contributed by atoms with Crippen molar-refractivity contribution in [2.75, 3.05) is 6.54 Å². The lowest BCUT2D eigenvalue weighted by Gasteiger charge is -2.30. The van der Waals surface area contributed by atoms with Crippen LogP contribution in [-0.4, -0.2) is 55.7 Å². The molecule has 0 radical (unpaired) electrons. The summed E-state index contributed by atoms with van der Waals surface area (Å²) in [5.41, 5.74) is 0.565. The van der Waals surface area contributed by atoms with Crippen molar-refractivity contribution in [3.8, 4) is 5.75 Å². The van der Waals surface area contributed by atoms with Crippen LogP contribution in [0.15, 0.2) is 71.2 Å². The van der Waals surface area contributed by atoms with E-state index in [0.29, 0.717) is 18.4 Å². The Hall–Kier alpha value is -2.57. The van der Waals surface area contributed by atoms with Crippen molar-refractivity contribution < 1.29 is 28.7 Å². The number of halogens is 5. The maximum atomic E-state index is 13.8. The molecule has 2 aliphatic rings. The molecule has 0 aromatic heterocycles. The second-order valence-corrected chi connectivity index (χ2v) is 14.1. The predicted octanol–water partition coefficient (Wildman–Crippen LogP) is 7.14. The number of carbonyl (C=O) groups excluding carboxylic acids is 5. The zero-order valence-corrected chi connectivity index (χ0v) is 28.3. The number of esters is 1. The molecular formula is C30H21Br3Cl2N2O6. The Morgan fingerprint density at radius 1 is 0.791 bits per heavy atom. The number of hydrogen-bond donors (Lipinski definition) is 0. The molecule has 4 atom stereocenters. The molecule has 2 fully saturated rings. The summed E-state index contributed by atoms with van der Waals surface area (Å²) in [7, 11) is 0. The minimum atomic E-state index is -0.766. The van der Waals surface area contributed by atoms with Crippen molar-refractivity contribution >= 4 is 100 Å². The summed E-state index contributed by atoms with van der Waals surface area (Å²) in [5, 5.41) is 1.99. The van der Waals surface area contributed by atoms with E-state index in [9.17, 15) is 24.0 Å². The van der Waals surface area contributed by atoms with Gasteiger partial charge in [-0.1, -0.05) is 71.0 Å². The first-order valence-electron chi connectivity index (χ1n) is 13.0. The number of rotatable bonds is 7. The summed E-state index contributed by atoms with van der Waals surface area (Å²) in [6, 6.07) is 16.6. The number of imide groups is 1. The maximum Gasteiger partial charge on any atom is 0.343 e. The fourth-order valence-electron chi connectivity index (χ4n) is 5.02. The number of hydrazine groups is 1. The lowest BCUT2D eigenvalue weighted by Crippen LogP contribution is -2.52. The Bertz CT molecular complexity index is 1590. The first-order valence-corrected chi connectivity index (χ1v) is 16.4. The Morgan fingerprint density at radius 2 is 1.33 bits per heavy atom. The van der Waals surface area contributed by atoms with Gasteiger partial charge in [0, 0.05) is 25.3 Å². The number of fused-ring (bicyclic) bond motifs is 1. The molecule has 1 aliphatic carbocycles. The van der Waals surface area contributed by atoms with Gasteiger partial charge in [-0.15, -0.1) is 0 Å². The summed E-state index contributed by atoms with van der Waals surface area (Å²) in [6.07, 6.45) is 0.787. The highest BCUT2D eigenvalue weighted by molar-refractivity contribution is 9.12. The number of carbonyl (C=O) groups is 5. The summed E-state index contributed by atoms with van der Waals surface area (Å²) in [4.78, 5) is 66.8. The van der Waals surface area contributed by atoms with Crippen LogP contribution in [0.2, 0.25) is 10.0 Å². The second-order valence-electron chi connectivity index (χ2n) is 10.0. The minimum absolute atomic E-state index is 0.0392. The van der Waals surface area contributed by atoms with Gasteiger partial charge in [-0.3, -0.25) is 19.2 Å². The number of amides is 3. The lowest BCUT2D eigenvalue weighted by atomic mass is 9.81. The molecule has 0 bridgehead atoms. The molecule has 3 amide bonds. The Morgan fingerprint density at radius 3 is 1.88 bits per heavy atom. The number of Topliss-reactive ketones (excluding diaryl/α,β-unsaturated/α-hetero) is 1. The molecule has 13 heteroatoms. The van der Waals surface area contributed by atoms with Gasteiger partial charge in [0.15, 0.2) is 5.78 Å². The smallest absolute Gasteiger partial charge is 0.343 e. The largest absolute Gasteiger partial charge is 0.423 e. The maximum absolute atomic E-state index is 13.8. The molecule has 3 aromatic rings. The van der Waals surface area contributed by atoms with Gasteiger partial charge in [0.25, 0.3) is 17.7 Å². The van der Waals surface area contributed by atoms with Crippen molar-refractivity contribution in [1.82, 2.24) is 10.0 Å². The number of ether oxygens (including phenoxy) is 1. The van der Waals surface area contributed by atoms with E-state index in [1.807, 2.05) is 0 Å². The second kappa shape index (κ2) is 13.2. The third kappa shape index (κ3) is 6.76. The highest BCUT2D eigenvalue weighted by atomic mass is 79.9. The quantitative estimate of drug-likeness (QED) is 0.0828. The Balaban J connectivity index is 1.39. The monoisotopic (exact) mass is 812 g/mol. The molecule has 0 unspecified atom stereocenters. The zero-order chi connectivity index (χ0) is 31.0. The van der Waals surface area contributed by atoms with Crippen LogP contribution in [-0.2, 0) is 9.59 Å². The van der Waals surface area contributed by atoms with Gasteiger partial charge in [0.1, 0.15) is 12.3 Å². The van der Waals surface area contributed by atoms with Crippen molar-refractivity contribution in [2.45, 2.75) is 22.5 Å². The first-order chi connectivity index (χ1) is 20.4. The van der Waals surface area contributed by atoms with E-state index >= 15 is 0 Å². The number of benzene rings is 3. The molecule has 0 N–H and O–H groups in total. The Labute approximate surface area is 282 Å². The van der Waals surface area contributed by atoms with Gasteiger partial charge >= 0.3 is 5.97 Å². The third-order valence-corrected chi connectivity index (χ3v) is 11.3. The lowest BCUT2D eigenvalue weighted by molar-refractivity contribution is -0.154. The fourth-order valence-corrected chi connectivity index (χ4v) is 6.81. The van der Waals surface area contributed by atoms with Crippen LogP contribution in [0.5, 0.6) is 5.75 Å². The molecule has 1 aliphatic heterocycles. The van der Waals surface area contributed by atoms with E-state index in [0.717, 1.165) is 14.5 Å². The topological polar surface area (TPSA) is 101 Å². The zero-order valence-electron chi connectivity index (χ0n) is 22.0. The van der Waals surface area contributed by atoms with Crippen molar-refractivity contribution in [3.05, 3.63) is 97.9 Å². The highest BCUT2D eigenvalue weighted by Crippen LogP contribution is 2.44. The summed E-state index contributed by atoms with van der Waals surface area (Å²) < 4.78 is 6.21. The number of ketones is 1. The van der Waals surface area contributed by atoms with E-state index in [1.54, 1.807) is 24.3 Å². The number of alkyl halides is 2. The van der Waals surface area contributed by atoms with Crippen LogP contribution in [0.1, 0.15) is 43.9 Å². The van der Waals surface area contributed by atoms with Gasteiger partial charge in [-0.05, 0) is 79.6 Å². The molecular weight excluding hydrogens is 795 g/mol. The molecule has 222 valence electrons. The minimum Gasteiger partial charge on any atom is -0.423 e. The predicted molar refractivity (Wildman–Crippen MR) is 171 cm³/mol. The summed E-state index contributed by atoms with van der Waals surface area (Å²) >= 11 is 22.6. The van der Waals surface area contributed by atoms with Crippen LogP contribution >= 0.6 is 71.0 Å². The fraction of sp³-hybridized carbons (Fsp3) is 0.233. The third-order valence-electron chi connectivity index (χ3n) is 7.29. The molecule has 1 saturated heterocycles. The summed E-state index contributed by atoms with van der Waals surface area (Å²) in [5.74, 6) is -4.05. The van der Waals surface area contributed by atoms with E-state index in [2.05, 4.69) is 47.8 Å². The average molecular weight is 816 g/mol. The normalized spacial score (nSPS) is 21.4. The van der Waals surface area contributed by atoms with Crippen molar-refractivity contribution in [3.63, 3.8) is 0 Å². The molecule has 43 heavy (non-hydrogen) atoms. The van der Waals surface area contributed by atoms with Crippen LogP contribution in [0, 0.1) is 11.8 Å². The van der Waals surface area contributed by atoms with Crippen LogP contribution in [0.25, 0.3) is 0 Å². The van der Waals surface area contributed by atoms with E-state index < -0.39 is 47.9 Å². The molecule has 0 spiro atoms. The molecule has 5 rings (SSSR count). The SMILES string of the molecule is O=C(CN(C(=O)c1ccc(Cl)c(Cl)c1)N1C(=O)[C@@H]2C[C@H](Br)[C@@H](Br)C[C@H]2C1=O)c1ccc(OC(=O)c2ccc(Br)cc2)cc1. The standard InChI is InChI=1S/C30H21Br3Cl2N2O6/c31-18-6-1-16(2-7-18)30(42)43-19-8-3-15(4-9-19)26(38)14-36(27(39)17-5-10-24(34)25(35)11-17)37-28(40)20-12-22(32)23(33)13-21(20)29(37)41/h1-11,20-23H,12-14H2/t20-,21-,22+,23+/m1/s1. The van der Waals surface area contributed by atoms with E-state index in [-0.39, 0.29) is 36.6 Å². The summed E-state index contributed by atoms with van der Waals surface area (Å²) in [6.45, 7) is -0.608. The number of nitrogens with zero attached hydrogens (tertiary/aromatic N) is 2. The van der Waals surface area contributed by atoms with Crippen LogP contribution in [0.4, 0.5) is 0 Å². The van der Waals surface area contributed by atoms with Gasteiger partial charge in [-0.25, -0.2) is 9.80 Å². The Kier molecular flexibility index (Phi) is 9.77. The van der Waals surface area contributed by atoms with E-state index in [4.69, 9.17) is 27.9 Å². The van der Waals surface area contributed by atoms with E-state index in [1.165, 1.54) is 42.5 Å². The van der Waals surface area contributed by atoms with Gasteiger partial charge in [-0.2, -0.15) is 5.01 Å². The number of hydrogen-bond acceptors (Lipinski definition) is 6. The molecule has 8 nitrogen and oxygen atoms in total. The van der Waals surface area contributed by atoms with Gasteiger partial charge in [0.2, 0.25) is 0 Å². The average Bonchev–Trinajstić information content (AvgIpc) is 3.21. The van der Waals surface area contributed by atoms with Gasteiger partial charge in [0.05, 0.1) is 27.4 Å². The van der Waals surface area contributed by atoms with Crippen molar-refractivity contribution in [2.24, 2.45) is 11.8 Å². The molecule has 3 aromatic carbocycles.